The first-order chi connectivity index (χ1) is 21.9. The zero-order chi connectivity index (χ0) is 32.7. The molecule has 0 radical (unpaired) electrons. The first-order valence-corrected chi connectivity index (χ1v) is 15.6. The van der Waals surface area contributed by atoms with Crippen LogP contribution < -0.4 is 0 Å². The van der Waals surface area contributed by atoms with E-state index in [0.29, 0.717) is 52.1 Å². The number of ether oxygens (including phenoxy) is 2. The fourth-order valence-corrected chi connectivity index (χ4v) is 7.56. The number of alkyl halides is 6. The number of carbonyl (C=O) groups excluding carboxylic acids is 1. The number of fused-ring (bicyclic) bond motifs is 2. The molecule has 0 aliphatic carbocycles. The Balaban J connectivity index is 0.00000433. The number of hydrogen-bond donors (Lipinski definition) is 0. The van der Waals surface area contributed by atoms with E-state index in [-0.39, 0.29) is 41.9 Å². The molecule has 6 rings (SSSR count). The van der Waals surface area contributed by atoms with Crippen LogP contribution in [0.5, 0.6) is 0 Å². The number of piperidine rings is 1. The number of halogens is 7. The van der Waals surface area contributed by atoms with Gasteiger partial charge in [-0.25, -0.2) is 0 Å². The molecule has 254 valence electrons. The van der Waals surface area contributed by atoms with Gasteiger partial charge in [0, 0.05) is 25.7 Å². The number of rotatable bonds is 7. The smallest absolute Gasteiger partial charge is 0.378 e. The van der Waals surface area contributed by atoms with Crippen molar-refractivity contribution in [3.05, 3.63) is 107 Å². The molecule has 2 bridgehead atoms. The van der Waals surface area contributed by atoms with Crippen LogP contribution in [0, 0.1) is 5.92 Å². The topological polar surface area (TPSA) is 42.0 Å². The number of carbonyl (C=O) groups is 1. The second kappa shape index (κ2) is 13.8. The quantitative estimate of drug-likeness (QED) is 0.237. The van der Waals surface area contributed by atoms with Gasteiger partial charge in [-0.05, 0) is 61.1 Å². The van der Waals surface area contributed by atoms with Crippen molar-refractivity contribution in [2.75, 3.05) is 26.3 Å². The van der Waals surface area contributed by atoms with Gasteiger partial charge in [-0.15, -0.1) is 12.4 Å². The summed E-state index contributed by atoms with van der Waals surface area (Å²) in [6.07, 6.45) is -10.2. The highest BCUT2D eigenvalue weighted by atomic mass is 35.5. The van der Waals surface area contributed by atoms with Crippen LogP contribution in [-0.2, 0) is 38.7 Å². The number of benzene rings is 3. The van der Waals surface area contributed by atoms with E-state index in [1.807, 2.05) is 65.6 Å². The van der Waals surface area contributed by atoms with Gasteiger partial charge in [-0.1, -0.05) is 60.7 Å². The summed E-state index contributed by atoms with van der Waals surface area (Å²) in [5.74, 6) is -0.345. The summed E-state index contributed by atoms with van der Waals surface area (Å²) in [5.41, 5.74) is -1.91. The van der Waals surface area contributed by atoms with Crippen LogP contribution in [0.3, 0.4) is 0 Å². The summed E-state index contributed by atoms with van der Waals surface area (Å²) in [6.45, 7) is 3.89. The highest BCUT2D eigenvalue weighted by Gasteiger charge is 2.62. The van der Waals surface area contributed by atoms with Crippen LogP contribution in [0.4, 0.5) is 26.3 Å². The Hall–Kier alpha value is -3.12. The van der Waals surface area contributed by atoms with Crippen molar-refractivity contribution < 1.29 is 40.6 Å². The zero-order valence-corrected chi connectivity index (χ0v) is 26.6. The fourth-order valence-electron chi connectivity index (χ4n) is 7.56. The molecule has 3 heterocycles. The fraction of sp³-hybridized carbons (Fsp3) is 0.457. The van der Waals surface area contributed by atoms with E-state index in [0.717, 1.165) is 23.3 Å². The van der Waals surface area contributed by atoms with Gasteiger partial charge in [0.05, 0.1) is 48.0 Å². The van der Waals surface area contributed by atoms with Gasteiger partial charge in [-0.3, -0.25) is 9.69 Å². The number of morpholine rings is 1. The van der Waals surface area contributed by atoms with Crippen LogP contribution >= 0.6 is 12.4 Å². The maximum absolute atomic E-state index is 14.1. The van der Waals surface area contributed by atoms with Crippen molar-refractivity contribution >= 4 is 18.3 Å². The molecule has 47 heavy (non-hydrogen) atoms. The molecule has 3 saturated heterocycles. The second-order valence-electron chi connectivity index (χ2n) is 12.4. The van der Waals surface area contributed by atoms with Gasteiger partial charge < -0.3 is 14.4 Å². The number of hydrogen-bond acceptors (Lipinski definition) is 4. The van der Waals surface area contributed by atoms with Gasteiger partial charge in [0.1, 0.15) is 0 Å². The van der Waals surface area contributed by atoms with E-state index >= 15 is 0 Å². The Bertz CT molecular complexity index is 1480. The van der Waals surface area contributed by atoms with Crippen LogP contribution in [-0.4, -0.2) is 54.2 Å². The number of amides is 1. The van der Waals surface area contributed by atoms with Gasteiger partial charge in [0.15, 0.2) is 0 Å². The predicted octanol–water partition coefficient (Wildman–Crippen LogP) is 8.03. The Morgan fingerprint density at radius 1 is 0.894 bits per heavy atom. The first-order valence-electron chi connectivity index (χ1n) is 15.6. The summed E-state index contributed by atoms with van der Waals surface area (Å²) >= 11 is 0. The lowest BCUT2D eigenvalue weighted by atomic mass is 9.78. The van der Waals surface area contributed by atoms with Crippen molar-refractivity contribution in [2.24, 2.45) is 5.92 Å². The van der Waals surface area contributed by atoms with E-state index in [9.17, 15) is 31.1 Å². The molecular formula is C35H37ClF6N2O3. The Morgan fingerprint density at radius 2 is 1.47 bits per heavy atom. The minimum atomic E-state index is -4.97. The van der Waals surface area contributed by atoms with E-state index in [1.54, 1.807) is 0 Å². The van der Waals surface area contributed by atoms with Crippen molar-refractivity contribution in [1.82, 2.24) is 9.80 Å². The molecule has 3 fully saturated rings. The molecule has 1 amide bonds. The monoisotopic (exact) mass is 682 g/mol. The molecule has 0 N–H and O–H groups in total. The molecule has 3 aromatic rings. The van der Waals surface area contributed by atoms with E-state index < -0.39 is 41.2 Å². The third kappa shape index (κ3) is 7.04. The third-order valence-corrected chi connectivity index (χ3v) is 9.72. The van der Waals surface area contributed by atoms with E-state index in [2.05, 4.69) is 4.90 Å². The van der Waals surface area contributed by atoms with Crippen molar-refractivity contribution in [3.63, 3.8) is 0 Å². The minimum Gasteiger partial charge on any atom is -0.378 e. The van der Waals surface area contributed by atoms with Gasteiger partial charge in [0.25, 0.3) is 0 Å². The molecule has 0 spiro atoms. The first kappa shape index (κ1) is 35.2. The van der Waals surface area contributed by atoms with Gasteiger partial charge in [-0.2, -0.15) is 26.3 Å². The van der Waals surface area contributed by atoms with Gasteiger partial charge >= 0.3 is 12.4 Å². The highest BCUT2D eigenvalue weighted by molar-refractivity contribution is 5.85. The summed E-state index contributed by atoms with van der Waals surface area (Å²) in [4.78, 5) is 18.3. The van der Waals surface area contributed by atoms with Crippen LogP contribution in [0.1, 0.15) is 60.1 Å². The lowest BCUT2D eigenvalue weighted by Gasteiger charge is -2.50. The largest absolute Gasteiger partial charge is 0.416 e. The molecule has 3 aliphatic heterocycles. The second-order valence-corrected chi connectivity index (χ2v) is 12.4. The standard InChI is InChI=1S/C35H36F6N2O3.ClH/c1-23(25-18-27(34(36,37)38)20-28(19-25)35(39,40)41)46-31-13-12-30-29(32(44)42-14-16-45-17-15-42)21-33(31,26-10-6-3-7-11-26)43(30)22-24-8-4-2-5-9-24;/h2-11,18-20,23,29-31H,12-17,21-22H2,1H3;1H/t23-,29+,30-,31+,33+;/m0./s1. The molecule has 5 atom stereocenters. The van der Waals surface area contributed by atoms with Crippen LogP contribution in [0.25, 0.3) is 0 Å². The average Bonchev–Trinajstić information content (AvgIpc) is 3.26. The summed E-state index contributed by atoms with van der Waals surface area (Å²) in [7, 11) is 0. The Kier molecular flexibility index (Phi) is 10.3. The molecule has 0 saturated carbocycles. The van der Waals surface area contributed by atoms with Gasteiger partial charge in [0.2, 0.25) is 5.91 Å². The third-order valence-electron chi connectivity index (χ3n) is 9.72. The molecule has 12 heteroatoms. The highest BCUT2D eigenvalue weighted by Crippen LogP contribution is 2.56. The lowest BCUT2D eigenvalue weighted by Crippen LogP contribution is -2.57. The lowest BCUT2D eigenvalue weighted by molar-refractivity contribution is -0.145. The van der Waals surface area contributed by atoms with Crippen molar-refractivity contribution in [2.45, 2.75) is 68.9 Å². The minimum absolute atomic E-state index is 0. The van der Waals surface area contributed by atoms with Crippen molar-refractivity contribution in [1.29, 1.82) is 0 Å². The molecule has 5 nitrogen and oxygen atoms in total. The van der Waals surface area contributed by atoms with Crippen LogP contribution in [0.15, 0.2) is 78.9 Å². The maximum atomic E-state index is 14.1. The molecule has 3 aliphatic rings. The average molecular weight is 683 g/mol. The molecule has 3 aromatic carbocycles. The maximum Gasteiger partial charge on any atom is 0.416 e. The summed E-state index contributed by atoms with van der Waals surface area (Å²) in [5, 5.41) is 0. The van der Waals surface area contributed by atoms with E-state index in [4.69, 9.17) is 9.47 Å². The Morgan fingerprint density at radius 3 is 2.04 bits per heavy atom. The summed E-state index contributed by atoms with van der Waals surface area (Å²) < 4.78 is 94.5. The van der Waals surface area contributed by atoms with Crippen LogP contribution in [0.2, 0.25) is 0 Å². The SMILES string of the molecule is C[C@H](O[C@@H]1CC[C@H]2[C@H](C(=O)N3CCOCC3)C[C@]1(c1ccccc1)N2Cc1ccccc1)c1cc(C(F)(F)F)cc(C(F)(F)F)c1.Cl. The zero-order valence-electron chi connectivity index (χ0n) is 25.8. The number of nitrogens with zero attached hydrogens (tertiary/aromatic N) is 2. The molecule has 0 unspecified atom stereocenters. The summed E-state index contributed by atoms with van der Waals surface area (Å²) in [6, 6.07) is 20.9. The Labute approximate surface area is 276 Å². The van der Waals surface area contributed by atoms with Crippen molar-refractivity contribution in [3.8, 4) is 0 Å². The molecule has 0 aromatic heterocycles. The molecular weight excluding hydrogens is 646 g/mol. The predicted molar refractivity (Wildman–Crippen MR) is 166 cm³/mol. The van der Waals surface area contributed by atoms with E-state index in [1.165, 1.54) is 6.92 Å². The normalized spacial score (nSPS) is 25.7.